The second kappa shape index (κ2) is 3.68. The first-order chi connectivity index (χ1) is 6.16. The molecule has 0 fully saturated rings. The van der Waals surface area contributed by atoms with Crippen LogP contribution in [0, 0.1) is 11.8 Å². The van der Waals surface area contributed by atoms with Gasteiger partial charge in [0.1, 0.15) is 0 Å². The minimum atomic E-state index is -0.590. The molecule has 0 spiro atoms. The van der Waals surface area contributed by atoms with Crippen molar-refractivity contribution < 1.29 is 14.4 Å². The van der Waals surface area contributed by atoms with Crippen LogP contribution in [-0.2, 0) is 14.4 Å². The zero-order valence-corrected chi connectivity index (χ0v) is 7.03. The van der Waals surface area contributed by atoms with Gasteiger partial charge in [0.05, 0.1) is 6.42 Å². The topological polar surface area (TPSA) is 54.5 Å². The van der Waals surface area contributed by atoms with Gasteiger partial charge in [-0.05, 0) is 6.92 Å². The quantitative estimate of drug-likeness (QED) is 0.413. The number of imide groups is 3. The average molecular weight is 177 g/mol. The maximum Gasteiger partial charge on any atom is 0.260 e. The first-order valence-electron chi connectivity index (χ1n) is 3.65. The van der Waals surface area contributed by atoms with Gasteiger partial charge in [-0.15, -0.1) is 5.92 Å². The van der Waals surface area contributed by atoms with Crippen LogP contribution in [0.25, 0.3) is 0 Å². The number of nitrogens with zero attached hydrogens (tertiary/aromatic N) is 1. The summed E-state index contributed by atoms with van der Waals surface area (Å²) in [5.41, 5.74) is 0. The van der Waals surface area contributed by atoms with Crippen molar-refractivity contribution in [2.45, 2.75) is 13.3 Å². The number of carbonyl (C=O) groups excluding carboxylic acids is 3. The molecule has 0 radical (unpaired) electrons. The minimum absolute atomic E-state index is 0.102. The van der Waals surface area contributed by atoms with Crippen LogP contribution in [0.5, 0.6) is 0 Å². The molecule has 13 heavy (non-hydrogen) atoms. The molecule has 4 nitrogen and oxygen atoms in total. The second-order valence-electron chi connectivity index (χ2n) is 2.34. The maximum absolute atomic E-state index is 11.2. The van der Waals surface area contributed by atoms with Gasteiger partial charge in [-0.3, -0.25) is 14.4 Å². The van der Waals surface area contributed by atoms with Crippen molar-refractivity contribution in [3.8, 4) is 11.8 Å². The van der Waals surface area contributed by atoms with E-state index in [0.717, 1.165) is 12.2 Å². The molecule has 0 aromatic heterocycles. The van der Waals surface area contributed by atoms with Crippen molar-refractivity contribution in [3.63, 3.8) is 0 Å². The van der Waals surface area contributed by atoms with Crippen molar-refractivity contribution in [1.82, 2.24) is 4.90 Å². The number of hydrogen-bond acceptors (Lipinski definition) is 3. The van der Waals surface area contributed by atoms with Crippen LogP contribution < -0.4 is 0 Å². The average Bonchev–Trinajstić information content (AvgIpc) is 2.42. The number of amides is 3. The molecule has 0 aromatic carbocycles. The van der Waals surface area contributed by atoms with E-state index in [1.807, 2.05) is 0 Å². The highest BCUT2D eigenvalue weighted by molar-refractivity contribution is 6.22. The predicted octanol–water partition coefficient (Wildman–Crippen LogP) is -0.149. The summed E-state index contributed by atoms with van der Waals surface area (Å²) in [6.45, 7) is 1.58. The van der Waals surface area contributed by atoms with Crippen molar-refractivity contribution in [1.29, 1.82) is 0 Å². The van der Waals surface area contributed by atoms with Gasteiger partial charge in [0.25, 0.3) is 11.8 Å². The van der Waals surface area contributed by atoms with E-state index in [-0.39, 0.29) is 6.42 Å². The summed E-state index contributed by atoms with van der Waals surface area (Å²) in [4.78, 5) is 33.6. The van der Waals surface area contributed by atoms with Gasteiger partial charge in [-0.1, -0.05) is 5.92 Å². The van der Waals surface area contributed by atoms with Crippen LogP contribution in [0.4, 0.5) is 0 Å². The first kappa shape index (κ1) is 9.20. The molecule has 1 aliphatic heterocycles. The van der Waals surface area contributed by atoms with E-state index in [4.69, 9.17) is 0 Å². The van der Waals surface area contributed by atoms with Gasteiger partial charge >= 0.3 is 0 Å². The molecule has 4 heteroatoms. The van der Waals surface area contributed by atoms with Crippen molar-refractivity contribution in [2.24, 2.45) is 0 Å². The largest absolute Gasteiger partial charge is 0.273 e. The smallest absolute Gasteiger partial charge is 0.260 e. The number of carbonyl (C=O) groups is 3. The zero-order valence-electron chi connectivity index (χ0n) is 7.03. The second-order valence-corrected chi connectivity index (χ2v) is 2.34. The Kier molecular flexibility index (Phi) is 2.60. The van der Waals surface area contributed by atoms with E-state index < -0.39 is 17.7 Å². The van der Waals surface area contributed by atoms with E-state index >= 15 is 0 Å². The molecule has 0 saturated heterocycles. The van der Waals surface area contributed by atoms with Gasteiger partial charge < -0.3 is 0 Å². The molecule has 1 rings (SSSR count). The molecule has 1 heterocycles. The molecule has 0 aliphatic carbocycles. The van der Waals surface area contributed by atoms with Gasteiger partial charge in [-0.25, -0.2) is 4.90 Å². The summed E-state index contributed by atoms with van der Waals surface area (Å²) < 4.78 is 0. The normalized spacial score (nSPS) is 14.4. The molecule has 0 unspecified atom stereocenters. The molecule has 0 atom stereocenters. The molecule has 3 amide bonds. The maximum atomic E-state index is 11.2. The summed E-state index contributed by atoms with van der Waals surface area (Å²) in [5, 5.41) is 0. The van der Waals surface area contributed by atoms with Crippen molar-refractivity contribution >= 4 is 17.7 Å². The fraction of sp³-hybridized carbons (Fsp3) is 0.222. The lowest BCUT2D eigenvalue weighted by Crippen LogP contribution is -2.35. The first-order valence-corrected chi connectivity index (χ1v) is 3.65. The molecule has 66 valence electrons. The summed E-state index contributed by atoms with van der Waals surface area (Å²) in [6, 6.07) is 0. The van der Waals surface area contributed by atoms with Crippen LogP contribution in [0.1, 0.15) is 13.3 Å². The van der Waals surface area contributed by atoms with Gasteiger partial charge in [0.2, 0.25) is 5.91 Å². The summed E-state index contributed by atoms with van der Waals surface area (Å²) in [7, 11) is 0. The molecule has 0 saturated carbocycles. The van der Waals surface area contributed by atoms with Crippen LogP contribution in [0.2, 0.25) is 0 Å². The summed E-state index contributed by atoms with van der Waals surface area (Å²) in [6.07, 6.45) is 2.04. The van der Waals surface area contributed by atoms with E-state index in [9.17, 15) is 14.4 Å². The zero-order chi connectivity index (χ0) is 9.84. The lowest BCUT2D eigenvalue weighted by Gasteiger charge is -2.08. The van der Waals surface area contributed by atoms with E-state index in [1.165, 1.54) is 0 Å². The Bertz CT molecular complexity index is 339. The Morgan fingerprint density at radius 3 is 2.38 bits per heavy atom. The molecule has 0 N–H and O–H groups in total. The lowest BCUT2D eigenvalue weighted by molar-refractivity contribution is -0.147. The van der Waals surface area contributed by atoms with Crippen molar-refractivity contribution in [3.05, 3.63) is 12.2 Å². The third kappa shape index (κ3) is 1.82. The fourth-order valence-electron chi connectivity index (χ4n) is 0.889. The third-order valence-corrected chi connectivity index (χ3v) is 1.48. The van der Waals surface area contributed by atoms with Crippen LogP contribution in [0.3, 0.4) is 0 Å². The van der Waals surface area contributed by atoms with E-state index in [1.54, 1.807) is 6.92 Å². The summed E-state index contributed by atoms with van der Waals surface area (Å²) >= 11 is 0. The monoisotopic (exact) mass is 177 g/mol. The Balaban J connectivity index is 2.71. The predicted molar refractivity (Wildman–Crippen MR) is 44.1 cm³/mol. The Hall–Kier alpha value is -1.89. The van der Waals surface area contributed by atoms with Crippen LogP contribution in [0.15, 0.2) is 12.2 Å². The molecule has 0 bridgehead atoms. The van der Waals surface area contributed by atoms with E-state index in [2.05, 4.69) is 11.8 Å². The van der Waals surface area contributed by atoms with Crippen LogP contribution in [-0.4, -0.2) is 22.6 Å². The molecule has 0 aromatic rings. The molecule has 1 aliphatic rings. The highest BCUT2D eigenvalue weighted by atomic mass is 16.2. The van der Waals surface area contributed by atoms with Gasteiger partial charge in [0, 0.05) is 12.2 Å². The lowest BCUT2D eigenvalue weighted by atomic mass is 10.3. The highest BCUT2D eigenvalue weighted by Crippen LogP contribution is 2.05. The Morgan fingerprint density at radius 2 is 1.92 bits per heavy atom. The summed E-state index contributed by atoms with van der Waals surface area (Å²) in [5.74, 6) is 3.25. The number of hydrogen-bond donors (Lipinski definition) is 0. The van der Waals surface area contributed by atoms with Crippen molar-refractivity contribution in [2.75, 3.05) is 0 Å². The minimum Gasteiger partial charge on any atom is -0.273 e. The van der Waals surface area contributed by atoms with E-state index in [0.29, 0.717) is 4.90 Å². The standard InChI is InChI=1S/C9H7NO3/c1-2-3-4-7(11)10-8(12)5-6-9(10)13/h5-6H,4H2,1H3. The Labute approximate surface area is 75.2 Å². The van der Waals surface area contributed by atoms with Crippen LogP contribution >= 0.6 is 0 Å². The highest BCUT2D eigenvalue weighted by Gasteiger charge is 2.28. The SMILES string of the molecule is CC#CCC(=O)N1C(=O)C=CC1=O. The fourth-order valence-corrected chi connectivity index (χ4v) is 0.889. The molecular weight excluding hydrogens is 170 g/mol. The number of rotatable bonds is 1. The van der Waals surface area contributed by atoms with Gasteiger partial charge in [0.15, 0.2) is 0 Å². The third-order valence-electron chi connectivity index (χ3n) is 1.48. The molecular formula is C9H7NO3. The van der Waals surface area contributed by atoms with Gasteiger partial charge in [-0.2, -0.15) is 0 Å². The Morgan fingerprint density at radius 1 is 1.38 bits per heavy atom.